The topological polar surface area (TPSA) is 55.2 Å². The minimum absolute atomic E-state index is 0.0625. The number of para-hydroxylation sites is 1. The second kappa shape index (κ2) is 9.27. The largest absolute Gasteiger partial charge is 0.336 e. The van der Waals surface area contributed by atoms with E-state index in [1.807, 2.05) is 56.3 Å². The molecule has 0 saturated carbocycles. The highest BCUT2D eigenvalue weighted by atomic mass is 16.2. The number of carbonyl (C=O) groups is 1. The first-order valence-corrected chi connectivity index (χ1v) is 11.3. The zero-order valence-electron chi connectivity index (χ0n) is 20.3. The number of rotatable bonds is 6. The fourth-order valence-corrected chi connectivity index (χ4v) is 4.40. The van der Waals surface area contributed by atoms with E-state index < -0.39 is 0 Å². The number of hydrogen-bond acceptors (Lipinski definition) is 3. The van der Waals surface area contributed by atoms with Gasteiger partial charge in [-0.15, -0.1) is 0 Å². The van der Waals surface area contributed by atoms with Crippen LogP contribution >= 0.6 is 0 Å². The van der Waals surface area contributed by atoms with Gasteiger partial charge in [0.25, 0.3) is 5.56 Å². The lowest BCUT2D eigenvalue weighted by Crippen LogP contribution is -2.35. The number of nitrogens with zero attached hydrogens (tertiary/aromatic N) is 3. The van der Waals surface area contributed by atoms with E-state index in [0.29, 0.717) is 23.1 Å². The van der Waals surface area contributed by atoms with Crippen LogP contribution in [0.3, 0.4) is 0 Å². The fourth-order valence-electron chi connectivity index (χ4n) is 4.40. The highest BCUT2D eigenvalue weighted by molar-refractivity contribution is 5.79. The van der Waals surface area contributed by atoms with Crippen molar-refractivity contribution < 1.29 is 4.79 Å². The van der Waals surface area contributed by atoms with E-state index in [1.54, 1.807) is 22.6 Å². The Kier molecular flexibility index (Phi) is 6.87. The molecule has 0 spiro atoms. The summed E-state index contributed by atoms with van der Waals surface area (Å²) >= 11 is 0. The number of carbonyl (C=O) groups excluding carboxylic acids is 1. The monoisotopic (exact) mass is 433 g/mol. The standard InChI is InChI=1S/C27H35N3O2/c1-18-11-10-12-21(15-18)30-25(28-23-14-9-8-13-22(23)26(30)32)20(3)29(7)24(31)16-19(2)17-27(4,5)6/h8-15,19-20H,16-17H2,1-7H3. The van der Waals surface area contributed by atoms with Crippen LogP contribution in [-0.2, 0) is 4.79 Å². The lowest BCUT2D eigenvalue weighted by molar-refractivity contribution is -0.133. The molecule has 0 aliphatic heterocycles. The van der Waals surface area contributed by atoms with Crippen molar-refractivity contribution >= 4 is 16.8 Å². The molecular formula is C27H35N3O2. The molecule has 0 saturated heterocycles. The number of benzene rings is 2. The number of aromatic nitrogens is 2. The average Bonchev–Trinajstić information content (AvgIpc) is 2.71. The van der Waals surface area contributed by atoms with Crippen LogP contribution < -0.4 is 5.56 Å². The molecule has 3 aromatic rings. The Morgan fingerprint density at radius 3 is 2.44 bits per heavy atom. The SMILES string of the molecule is Cc1cccc(-n2c(C(C)N(C)C(=O)CC(C)CC(C)(C)C)nc3ccccc3c2=O)c1. The summed E-state index contributed by atoms with van der Waals surface area (Å²) in [5, 5.41) is 0.567. The Morgan fingerprint density at radius 1 is 1.09 bits per heavy atom. The highest BCUT2D eigenvalue weighted by Crippen LogP contribution is 2.28. The minimum Gasteiger partial charge on any atom is -0.336 e. The molecule has 0 radical (unpaired) electrons. The summed E-state index contributed by atoms with van der Waals surface area (Å²) in [7, 11) is 1.80. The predicted molar refractivity (Wildman–Crippen MR) is 131 cm³/mol. The van der Waals surface area contributed by atoms with Crippen molar-refractivity contribution in [2.75, 3.05) is 7.05 Å². The molecule has 1 amide bonds. The van der Waals surface area contributed by atoms with Crippen LogP contribution in [0.25, 0.3) is 16.6 Å². The van der Waals surface area contributed by atoms with Gasteiger partial charge in [-0.2, -0.15) is 0 Å². The van der Waals surface area contributed by atoms with Gasteiger partial charge in [0, 0.05) is 13.5 Å². The number of amides is 1. The van der Waals surface area contributed by atoms with Crippen LogP contribution in [0.2, 0.25) is 0 Å². The summed E-state index contributed by atoms with van der Waals surface area (Å²) in [6, 6.07) is 14.8. The molecule has 5 nitrogen and oxygen atoms in total. The maximum absolute atomic E-state index is 13.5. The highest BCUT2D eigenvalue weighted by Gasteiger charge is 2.26. The molecule has 0 aliphatic rings. The van der Waals surface area contributed by atoms with Crippen molar-refractivity contribution in [2.45, 2.75) is 60.4 Å². The summed E-state index contributed by atoms with van der Waals surface area (Å²) in [6.07, 6.45) is 1.45. The van der Waals surface area contributed by atoms with Gasteiger partial charge in [-0.1, -0.05) is 52.0 Å². The van der Waals surface area contributed by atoms with Crippen molar-refractivity contribution in [2.24, 2.45) is 11.3 Å². The summed E-state index contributed by atoms with van der Waals surface area (Å²) in [4.78, 5) is 33.2. The molecule has 170 valence electrons. The van der Waals surface area contributed by atoms with E-state index in [9.17, 15) is 9.59 Å². The maximum atomic E-state index is 13.5. The minimum atomic E-state index is -0.359. The van der Waals surface area contributed by atoms with E-state index in [4.69, 9.17) is 4.98 Å². The van der Waals surface area contributed by atoms with Gasteiger partial charge in [0.15, 0.2) is 0 Å². The molecule has 0 fully saturated rings. The molecule has 0 aliphatic carbocycles. The van der Waals surface area contributed by atoms with Crippen molar-refractivity contribution in [1.29, 1.82) is 0 Å². The number of fused-ring (bicyclic) bond motifs is 1. The molecule has 32 heavy (non-hydrogen) atoms. The Bertz CT molecular complexity index is 1170. The normalized spacial score (nSPS) is 13.7. The summed E-state index contributed by atoms with van der Waals surface area (Å²) in [5.41, 5.74) is 2.52. The zero-order valence-corrected chi connectivity index (χ0v) is 20.3. The van der Waals surface area contributed by atoms with Crippen molar-refractivity contribution in [3.8, 4) is 5.69 Å². The Labute approximate surface area is 191 Å². The first-order chi connectivity index (χ1) is 15.0. The summed E-state index contributed by atoms with van der Waals surface area (Å²) < 4.78 is 1.66. The molecule has 1 aromatic heterocycles. The average molecular weight is 434 g/mol. The van der Waals surface area contributed by atoms with Gasteiger partial charge in [0.1, 0.15) is 5.82 Å². The van der Waals surface area contributed by atoms with Crippen LogP contribution in [0.4, 0.5) is 0 Å². The molecule has 1 heterocycles. The van der Waals surface area contributed by atoms with Crippen LogP contribution in [0.15, 0.2) is 53.3 Å². The van der Waals surface area contributed by atoms with Gasteiger partial charge in [0.2, 0.25) is 5.91 Å². The Balaban J connectivity index is 2.04. The molecule has 2 atom stereocenters. The van der Waals surface area contributed by atoms with Crippen LogP contribution in [0, 0.1) is 18.3 Å². The van der Waals surface area contributed by atoms with E-state index in [2.05, 4.69) is 27.7 Å². The zero-order chi connectivity index (χ0) is 23.6. The quantitative estimate of drug-likeness (QED) is 0.503. The van der Waals surface area contributed by atoms with Gasteiger partial charge in [-0.05, 0) is 61.4 Å². The second-order valence-electron chi connectivity index (χ2n) is 10.2. The lowest BCUT2D eigenvalue weighted by atomic mass is 9.84. The van der Waals surface area contributed by atoms with Crippen molar-refractivity contribution in [3.05, 3.63) is 70.3 Å². The third-order valence-electron chi connectivity index (χ3n) is 5.89. The third-order valence-corrected chi connectivity index (χ3v) is 5.89. The molecule has 0 bridgehead atoms. The van der Waals surface area contributed by atoms with Crippen LogP contribution in [0.5, 0.6) is 0 Å². The van der Waals surface area contributed by atoms with Gasteiger partial charge >= 0.3 is 0 Å². The second-order valence-corrected chi connectivity index (χ2v) is 10.2. The number of aryl methyl sites for hydroxylation is 1. The van der Waals surface area contributed by atoms with Gasteiger partial charge < -0.3 is 4.90 Å². The van der Waals surface area contributed by atoms with Crippen LogP contribution in [0.1, 0.15) is 64.9 Å². The number of hydrogen-bond donors (Lipinski definition) is 0. The molecule has 5 heteroatoms. The fraction of sp³-hybridized carbons (Fsp3) is 0.444. The van der Waals surface area contributed by atoms with E-state index in [-0.39, 0.29) is 28.8 Å². The van der Waals surface area contributed by atoms with E-state index in [1.165, 1.54) is 0 Å². The molecule has 0 N–H and O–H groups in total. The van der Waals surface area contributed by atoms with Gasteiger partial charge in [-0.3, -0.25) is 14.2 Å². The molecule has 2 unspecified atom stereocenters. The Hall–Kier alpha value is -2.95. The smallest absolute Gasteiger partial charge is 0.266 e. The molecular weight excluding hydrogens is 398 g/mol. The summed E-state index contributed by atoms with van der Waals surface area (Å²) in [5.74, 6) is 0.909. The van der Waals surface area contributed by atoms with Crippen molar-refractivity contribution in [1.82, 2.24) is 14.5 Å². The molecule has 3 rings (SSSR count). The Morgan fingerprint density at radius 2 is 1.78 bits per heavy atom. The van der Waals surface area contributed by atoms with Crippen LogP contribution in [-0.4, -0.2) is 27.4 Å². The maximum Gasteiger partial charge on any atom is 0.266 e. The van der Waals surface area contributed by atoms with Gasteiger partial charge in [-0.25, -0.2) is 4.98 Å². The van der Waals surface area contributed by atoms with Crippen molar-refractivity contribution in [3.63, 3.8) is 0 Å². The summed E-state index contributed by atoms with van der Waals surface area (Å²) in [6.45, 7) is 12.6. The van der Waals surface area contributed by atoms with E-state index in [0.717, 1.165) is 17.7 Å². The van der Waals surface area contributed by atoms with Gasteiger partial charge in [0.05, 0.1) is 22.6 Å². The van der Waals surface area contributed by atoms with E-state index >= 15 is 0 Å². The molecule has 2 aromatic carbocycles. The first-order valence-electron chi connectivity index (χ1n) is 11.3. The lowest BCUT2D eigenvalue weighted by Gasteiger charge is -2.29. The first kappa shape index (κ1) is 23.7. The third kappa shape index (κ3) is 5.26. The predicted octanol–water partition coefficient (Wildman–Crippen LogP) is 5.68.